The number of anilines is 1. The van der Waals surface area contributed by atoms with E-state index in [9.17, 15) is 4.79 Å². The molecule has 1 unspecified atom stereocenters. The molecule has 6 heteroatoms. The average molecular weight is 242 g/mol. The van der Waals surface area contributed by atoms with Gasteiger partial charge >= 0.3 is 0 Å². The van der Waals surface area contributed by atoms with Crippen molar-refractivity contribution in [3.8, 4) is 0 Å². The van der Waals surface area contributed by atoms with E-state index in [1.54, 1.807) is 0 Å². The zero-order chi connectivity index (χ0) is 12.0. The molecule has 90 valence electrons. The third kappa shape index (κ3) is 4.24. The van der Waals surface area contributed by atoms with E-state index in [4.69, 9.17) is 5.73 Å². The third-order valence-electron chi connectivity index (χ3n) is 2.28. The summed E-state index contributed by atoms with van der Waals surface area (Å²) in [6.07, 6.45) is 2.14. The van der Waals surface area contributed by atoms with Gasteiger partial charge in [-0.15, -0.1) is 10.2 Å². The van der Waals surface area contributed by atoms with E-state index in [0.29, 0.717) is 24.0 Å². The molecule has 1 amide bonds. The zero-order valence-electron chi connectivity index (χ0n) is 9.69. The number of nitrogens with two attached hydrogens (primary N) is 1. The van der Waals surface area contributed by atoms with E-state index in [2.05, 4.69) is 15.5 Å². The number of hydrogen-bond acceptors (Lipinski definition) is 5. The van der Waals surface area contributed by atoms with Crippen molar-refractivity contribution in [2.24, 2.45) is 11.7 Å². The van der Waals surface area contributed by atoms with Crippen molar-refractivity contribution in [2.75, 3.05) is 11.9 Å². The molecule has 0 saturated carbocycles. The van der Waals surface area contributed by atoms with Gasteiger partial charge in [0.1, 0.15) is 5.01 Å². The van der Waals surface area contributed by atoms with Crippen LogP contribution in [-0.4, -0.2) is 22.6 Å². The molecule has 1 atom stereocenters. The van der Waals surface area contributed by atoms with Crippen molar-refractivity contribution >= 4 is 22.4 Å². The molecule has 5 nitrogen and oxygen atoms in total. The van der Waals surface area contributed by atoms with Gasteiger partial charge in [-0.1, -0.05) is 25.2 Å². The highest BCUT2D eigenvalue weighted by Crippen LogP contribution is 2.16. The Morgan fingerprint density at radius 2 is 2.31 bits per heavy atom. The minimum Gasteiger partial charge on any atom is -0.330 e. The highest BCUT2D eigenvalue weighted by molar-refractivity contribution is 7.15. The summed E-state index contributed by atoms with van der Waals surface area (Å²) in [5.74, 6) is 0.366. The number of carbonyl (C=O) groups excluding carboxylic acids is 1. The quantitative estimate of drug-likeness (QED) is 0.790. The van der Waals surface area contributed by atoms with Gasteiger partial charge in [-0.2, -0.15) is 0 Å². The number of hydrogen-bond donors (Lipinski definition) is 2. The molecule has 1 rings (SSSR count). The Hall–Kier alpha value is -1.01. The molecular weight excluding hydrogens is 224 g/mol. The van der Waals surface area contributed by atoms with Gasteiger partial charge in [0.15, 0.2) is 0 Å². The van der Waals surface area contributed by atoms with Gasteiger partial charge in [-0.05, 0) is 25.3 Å². The Labute approximate surface area is 99.5 Å². The number of aryl methyl sites for hydroxylation is 1. The second-order valence-corrected chi connectivity index (χ2v) is 4.84. The van der Waals surface area contributed by atoms with Gasteiger partial charge in [0.2, 0.25) is 11.0 Å². The van der Waals surface area contributed by atoms with Gasteiger partial charge in [0, 0.05) is 6.42 Å². The number of rotatable bonds is 6. The molecule has 1 aromatic rings. The highest BCUT2D eigenvalue weighted by Gasteiger charge is 2.08. The van der Waals surface area contributed by atoms with Crippen LogP contribution in [0.25, 0.3) is 0 Å². The van der Waals surface area contributed by atoms with Crippen LogP contribution in [0.4, 0.5) is 5.13 Å². The first-order chi connectivity index (χ1) is 7.65. The molecule has 0 saturated heterocycles. The van der Waals surface area contributed by atoms with E-state index < -0.39 is 0 Å². The molecule has 0 spiro atoms. The topological polar surface area (TPSA) is 80.9 Å². The minimum atomic E-state index is -0.0147. The fourth-order valence-electron chi connectivity index (χ4n) is 1.12. The number of nitrogens with one attached hydrogen (secondary N) is 1. The monoisotopic (exact) mass is 242 g/mol. The number of aromatic nitrogens is 2. The van der Waals surface area contributed by atoms with Crippen LogP contribution < -0.4 is 11.1 Å². The molecule has 0 aliphatic carbocycles. The Morgan fingerprint density at radius 3 is 2.88 bits per heavy atom. The summed E-state index contributed by atoms with van der Waals surface area (Å²) in [6, 6.07) is 0. The van der Waals surface area contributed by atoms with Crippen LogP contribution in [-0.2, 0) is 11.2 Å². The van der Waals surface area contributed by atoms with E-state index in [-0.39, 0.29) is 5.91 Å². The van der Waals surface area contributed by atoms with Crippen molar-refractivity contribution in [3.63, 3.8) is 0 Å². The van der Waals surface area contributed by atoms with Gasteiger partial charge in [-0.3, -0.25) is 4.79 Å². The van der Waals surface area contributed by atoms with Crippen LogP contribution in [0.3, 0.4) is 0 Å². The first-order valence-electron chi connectivity index (χ1n) is 5.48. The Bertz CT molecular complexity index is 339. The smallest absolute Gasteiger partial charge is 0.226 e. The lowest BCUT2D eigenvalue weighted by Crippen LogP contribution is -2.16. The summed E-state index contributed by atoms with van der Waals surface area (Å²) in [5, 5.41) is 12.1. The van der Waals surface area contributed by atoms with Crippen molar-refractivity contribution in [2.45, 2.75) is 33.1 Å². The molecule has 0 radical (unpaired) electrons. The SMILES string of the molecule is CCc1nnc(NC(=O)CCC(C)CN)s1. The van der Waals surface area contributed by atoms with E-state index in [1.807, 2.05) is 13.8 Å². The van der Waals surface area contributed by atoms with Crippen LogP contribution in [0, 0.1) is 5.92 Å². The van der Waals surface area contributed by atoms with Gasteiger partial charge in [0.25, 0.3) is 0 Å². The number of amides is 1. The first-order valence-corrected chi connectivity index (χ1v) is 6.29. The minimum absolute atomic E-state index is 0.0147. The van der Waals surface area contributed by atoms with Crippen LogP contribution in [0.15, 0.2) is 0 Å². The van der Waals surface area contributed by atoms with Crippen molar-refractivity contribution < 1.29 is 4.79 Å². The van der Waals surface area contributed by atoms with Crippen LogP contribution in [0.5, 0.6) is 0 Å². The predicted octanol–water partition coefficient (Wildman–Crippen LogP) is 1.41. The third-order valence-corrected chi connectivity index (χ3v) is 3.27. The molecule has 0 fully saturated rings. The second kappa shape index (κ2) is 6.55. The first kappa shape index (κ1) is 13.1. The Morgan fingerprint density at radius 1 is 1.56 bits per heavy atom. The van der Waals surface area contributed by atoms with Crippen LogP contribution in [0.1, 0.15) is 31.7 Å². The summed E-state index contributed by atoms with van der Waals surface area (Å²) < 4.78 is 0. The molecule has 3 N–H and O–H groups in total. The van der Waals surface area contributed by atoms with Crippen molar-refractivity contribution in [1.82, 2.24) is 10.2 Å². The molecule has 0 aliphatic heterocycles. The largest absolute Gasteiger partial charge is 0.330 e. The van der Waals surface area contributed by atoms with Gasteiger partial charge in [0.05, 0.1) is 0 Å². The summed E-state index contributed by atoms with van der Waals surface area (Å²) in [7, 11) is 0. The highest BCUT2D eigenvalue weighted by atomic mass is 32.1. The Balaban J connectivity index is 2.33. The fourth-order valence-corrected chi connectivity index (χ4v) is 1.82. The molecule has 0 bridgehead atoms. The van der Waals surface area contributed by atoms with Gasteiger partial charge in [-0.25, -0.2) is 0 Å². The number of nitrogens with zero attached hydrogens (tertiary/aromatic N) is 2. The van der Waals surface area contributed by atoms with Crippen LogP contribution in [0.2, 0.25) is 0 Å². The van der Waals surface area contributed by atoms with E-state index in [0.717, 1.165) is 17.8 Å². The second-order valence-electron chi connectivity index (χ2n) is 3.78. The predicted molar refractivity (Wildman–Crippen MR) is 65.4 cm³/mol. The lowest BCUT2D eigenvalue weighted by Gasteiger charge is -2.06. The zero-order valence-corrected chi connectivity index (χ0v) is 10.5. The van der Waals surface area contributed by atoms with Crippen molar-refractivity contribution in [1.29, 1.82) is 0 Å². The normalized spacial score (nSPS) is 12.4. The lowest BCUT2D eigenvalue weighted by atomic mass is 10.1. The van der Waals surface area contributed by atoms with Crippen LogP contribution >= 0.6 is 11.3 Å². The molecule has 1 aromatic heterocycles. The maximum absolute atomic E-state index is 11.5. The summed E-state index contributed by atoms with van der Waals surface area (Å²) >= 11 is 1.42. The standard InChI is InChI=1S/C10H18N4OS/c1-3-9-13-14-10(16-9)12-8(15)5-4-7(2)6-11/h7H,3-6,11H2,1-2H3,(H,12,14,15). The average Bonchev–Trinajstić information content (AvgIpc) is 2.73. The molecule has 0 aliphatic rings. The molecular formula is C10H18N4OS. The summed E-state index contributed by atoms with van der Waals surface area (Å²) in [5.41, 5.74) is 5.48. The fraction of sp³-hybridized carbons (Fsp3) is 0.700. The molecule has 16 heavy (non-hydrogen) atoms. The maximum atomic E-state index is 11.5. The maximum Gasteiger partial charge on any atom is 0.226 e. The number of carbonyl (C=O) groups is 1. The Kier molecular flexibility index (Phi) is 5.34. The van der Waals surface area contributed by atoms with E-state index in [1.165, 1.54) is 11.3 Å². The van der Waals surface area contributed by atoms with Gasteiger partial charge < -0.3 is 11.1 Å². The summed E-state index contributed by atoms with van der Waals surface area (Å²) in [4.78, 5) is 11.5. The molecule has 0 aromatic carbocycles. The lowest BCUT2D eigenvalue weighted by molar-refractivity contribution is -0.116. The molecule has 1 heterocycles. The van der Waals surface area contributed by atoms with Crippen molar-refractivity contribution in [3.05, 3.63) is 5.01 Å². The summed E-state index contributed by atoms with van der Waals surface area (Å²) in [6.45, 7) is 4.66. The van der Waals surface area contributed by atoms with E-state index >= 15 is 0 Å².